The Bertz CT molecular complexity index is 1070. The highest BCUT2D eigenvalue weighted by molar-refractivity contribution is 5.86. The van der Waals surface area contributed by atoms with Gasteiger partial charge < -0.3 is 5.32 Å². The van der Waals surface area contributed by atoms with E-state index in [0.29, 0.717) is 5.56 Å². The first-order valence-electron chi connectivity index (χ1n) is 7.90. The van der Waals surface area contributed by atoms with Gasteiger partial charge in [0.15, 0.2) is 0 Å². The first-order valence-corrected chi connectivity index (χ1v) is 7.90. The third kappa shape index (κ3) is 1.80. The fraction of sp³-hybridized carbons (Fsp3) is 0.0500. The van der Waals surface area contributed by atoms with Crippen LogP contribution in [0.15, 0.2) is 72.8 Å². The molecule has 1 aliphatic rings. The number of hydrogen-bond donors (Lipinski definition) is 1. The number of benzene rings is 3. The monoisotopic (exact) mass is 315 g/mol. The number of nitrogens with zero attached hydrogens (tertiary/aromatic N) is 2. The number of nitrogens with one attached hydrogen (secondary N) is 1. The Balaban J connectivity index is 1.86. The Kier molecular flexibility index (Phi) is 2.73. The maximum Gasteiger partial charge on any atom is 0.145 e. The summed E-state index contributed by atoms with van der Waals surface area (Å²) in [5.74, 6) is 0.636. The standard InChI is InChI=1S/C20H14FN3/c21-15-9-3-1-7-13(15)19-22-16-10-4-2-8-14(16)20-23-17-11-5-6-12-18(17)24(19)20/h1-12,19,22H. The molecule has 1 aromatic heterocycles. The molecular formula is C20H14FN3. The van der Waals surface area contributed by atoms with Crippen LogP contribution in [0.25, 0.3) is 22.4 Å². The molecule has 0 aliphatic carbocycles. The van der Waals surface area contributed by atoms with Crippen LogP contribution in [0.4, 0.5) is 10.1 Å². The fourth-order valence-corrected chi connectivity index (χ4v) is 3.43. The lowest BCUT2D eigenvalue weighted by Crippen LogP contribution is -2.25. The number of halogens is 1. The predicted octanol–water partition coefficient (Wildman–Crippen LogP) is 4.81. The molecule has 4 heteroatoms. The molecule has 24 heavy (non-hydrogen) atoms. The van der Waals surface area contributed by atoms with Crippen LogP contribution >= 0.6 is 0 Å². The van der Waals surface area contributed by atoms with E-state index in [-0.39, 0.29) is 12.0 Å². The van der Waals surface area contributed by atoms with E-state index in [4.69, 9.17) is 4.98 Å². The van der Waals surface area contributed by atoms with E-state index >= 15 is 0 Å². The van der Waals surface area contributed by atoms with Gasteiger partial charge in [-0.1, -0.05) is 42.5 Å². The molecule has 116 valence electrons. The summed E-state index contributed by atoms with van der Waals surface area (Å²) in [6, 6.07) is 22.9. The Morgan fingerprint density at radius 2 is 1.62 bits per heavy atom. The Hall–Kier alpha value is -3.14. The first kappa shape index (κ1) is 13.3. The van der Waals surface area contributed by atoms with Crippen LogP contribution < -0.4 is 5.32 Å². The molecule has 1 aliphatic heterocycles. The van der Waals surface area contributed by atoms with E-state index in [9.17, 15) is 4.39 Å². The van der Waals surface area contributed by atoms with Crippen LogP contribution in [-0.2, 0) is 0 Å². The third-order valence-electron chi connectivity index (χ3n) is 4.51. The van der Waals surface area contributed by atoms with Gasteiger partial charge in [-0.15, -0.1) is 0 Å². The highest BCUT2D eigenvalue weighted by Gasteiger charge is 2.29. The molecule has 0 radical (unpaired) electrons. The molecule has 4 aromatic rings. The van der Waals surface area contributed by atoms with Gasteiger partial charge in [-0.05, 0) is 30.3 Å². The number of hydrogen-bond acceptors (Lipinski definition) is 2. The van der Waals surface area contributed by atoms with Crippen LogP contribution in [-0.4, -0.2) is 9.55 Å². The molecule has 0 saturated carbocycles. The highest BCUT2D eigenvalue weighted by atomic mass is 19.1. The van der Waals surface area contributed by atoms with E-state index in [0.717, 1.165) is 28.1 Å². The molecule has 0 saturated heterocycles. The minimum atomic E-state index is -0.330. The van der Waals surface area contributed by atoms with E-state index in [1.807, 2.05) is 60.7 Å². The second kappa shape index (κ2) is 4.93. The average molecular weight is 315 g/mol. The summed E-state index contributed by atoms with van der Waals surface area (Å²) < 4.78 is 16.6. The summed E-state index contributed by atoms with van der Waals surface area (Å²) in [7, 11) is 0. The Labute approximate surface area is 138 Å². The van der Waals surface area contributed by atoms with E-state index in [1.54, 1.807) is 6.07 Å². The lowest BCUT2D eigenvalue weighted by Gasteiger charge is -2.30. The van der Waals surface area contributed by atoms with Crippen molar-refractivity contribution in [3.8, 4) is 11.4 Å². The van der Waals surface area contributed by atoms with Crippen molar-refractivity contribution in [1.29, 1.82) is 0 Å². The van der Waals surface area contributed by atoms with Crippen LogP contribution in [0.1, 0.15) is 11.7 Å². The van der Waals surface area contributed by atoms with Crippen LogP contribution in [0.5, 0.6) is 0 Å². The van der Waals surface area contributed by atoms with Gasteiger partial charge in [0, 0.05) is 16.8 Å². The van der Waals surface area contributed by atoms with Gasteiger partial charge in [0.05, 0.1) is 11.0 Å². The molecular weight excluding hydrogens is 301 g/mol. The van der Waals surface area contributed by atoms with Gasteiger partial charge in [-0.2, -0.15) is 0 Å². The van der Waals surface area contributed by atoms with Crippen molar-refractivity contribution in [2.75, 3.05) is 5.32 Å². The van der Waals surface area contributed by atoms with Crippen molar-refractivity contribution >= 4 is 16.7 Å². The second-order valence-corrected chi connectivity index (χ2v) is 5.91. The number of anilines is 1. The number of para-hydroxylation sites is 3. The minimum Gasteiger partial charge on any atom is -0.360 e. The van der Waals surface area contributed by atoms with Gasteiger partial charge in [0.25, 0.3) is 0 Å². The normalized spacial score (nSPS) is 15.6. The molecule has 1 atom stereocenters. The van der Waals surface area contributed by atoms with Crippen molar-refractivity contribution in [2.24, 2.45) is 0 Å². The summed E-state index contributed by atoms with van der Waals surface area (Å²) in [4.78, 5) is 4.80. The van der Waals surface area contributed by atoms with Gasteiger partial charge in [-0.3, -0.25) is 4.57 Å². The van der Waals surface area contributed by atoms with Gasteiger partial charge in [0.2, 0.25) is 0 Å². The molecule has 1 unspecified atom stereocenters. The van der Waals surface area contributed by atoms with Gasteiger partial charge in [0.1, 0.15) is 17.8 Å². The Morgan fingerprint density at radius 1 is 0.875 bits per heavy atom. The summed E-state index contributed by atoms with van der Waals surface area (Å²) in [6.45, 7) is 0. The quantitative estimate of drug-likeness (QED) is 0.546. The molecule has 2 heterocycles. The topological polar surface area (TPSA) is 29.9 Å². The summed E-state index contributed by atoms with van der Waals surface area (Å²) >= 11 is 0. The van der Waals surface area contributed by atoms with E-state index in [2.05, 4.69) is 9.88 Å². The number of fused-ring (bicyclic) bond motifs is 5. The maximum atomic E-state index is 14.5. The van der Waals surface area contributed by atoms with E-state index < -0.39 is 0 Å². The van der Waals surface area contributed by atoms with Crippen molar-refractivity contribution in [2.45, 2.75) is 6.17 Å². The lowest BCUT2D eigenvalue weighted by atomic mass is 10.1. The molecule has 0 spiro atoms. The van der Waals surface area contributed by atoms with Gasteiger partial charge >= 0.3 is 0 Å². The number of rotatable bonds is 1. The summed E-state index contributed by atoms with van der Waals surface area (Å²) in [5, 5.41) is 3.47. The van der Waals surface area contributed by atoms with Gasteiger partial charge in [-0.25, -0.2) is 9.37 Å². The van der Waals surface area contributed by atoms with Crippen molar-refractivity contribution in [1.82, 2.24) is 9.55 Å². The van der Waals surface area contributed by atoms with Crippen LogP contribution in [0.2, 0.25) is 0 Å². The molecule has 0 bridgehead atoms. The van der Waals surface area contributed by atoms with Crippen molar-refractivity contribution < 1.29 is 4.39 Å². The molecule has 3 nitrogen and oxygen atoms in total. The van der Waals surface area contributed by atoms with E-state index in [1.165, 1.54) is 6.07 Å². The molecule has 5 rings (SSSR count). The molecule has 0 fully saturated rings. The van der Waals surface area contributed by atoms with Crippen LogP contribution in [0, 0.1) is 5.82 Å². The second-order valence-electron chi connectivity index (χ2n) is 5.91. The molecule has 1 N–H and O–H groups in total. The van der Waals surface area contributed by atoms with Crippen molar-refractivity contribution in [3.63, 3.8) is 0 Å². The van der Waals surface area contributed by atoms with Crippen LogP contribution in [0.3, 0.4) is 0 Å². The molecule has 3 aromatic carbocycles. The Morgan fingerprint density at radius 3 is 2.54 bits per heavy atom. The molecule has 0 amide bonds. The SMILES string of the molecule is Fc1ccccc1C1Nc2ccccc2-c2nc3ccccc3n21. The smallest absolute Gasteiger partial charge is 0.145 e. The fourth-order valence-electron chi connectivity index (χ4n) is 3.43. The summed E-state index contributed by atoms with van der Waals surface area (Å²) in [5.41, 5.74) is 4.50. The minimum absolute atomic E-state index is 0.224. The largest absolute Gasteiger partial charge is 0.360 e. The zero-order valence-corrected chi connectivity index (χ0v) is 12.8. The number of aromatic nitrogens is 2. The average Bonchev–Trinajstić information content (AvgIpc) is 3.01. The highest BCUT2D eigenvalue weighted by Crippen LogP contribution is 2.40. The van der Waals surface area contributed by atoms with Crippen molar-refractivity contribution in [3.05, 3.63) is 84.2 Å². The zero-order valence-electron chi connectivity index (χ0n) is 12.8. The zero-order chi connectivity index (χ0) is 16.1. The number of imidazole rings is 1. The summed E-state index contributed by atoms with van der Waals surface area (Å²) in [6.07, 6.45) is -0.330. The maximum absolute atomic E-state index is 14.5. The predicted molar refractivity (Wildman–Crippen MR) is 93.3 cm³/mol. The third-order valence-corrected chi connectivity index (χ3v) is 4.51. The first-order chi connectivity index (χ1) is 11.8. The lowest BCUT2D eigenvalue weighted by molar-refractivity contribution is 0.569.